The van der Waals surface area contributed by atoms with E-state index in [2.05, 4.69) is 10.0 Å². The van der Waals surface area contributed by atoms with Crippen molar-refractivity contribution in [3.05, 3.63) is 16.2 Å². The second kappa shape index (κ2) is 7.53. The van der Waals surface area contributed by atoms with Gasteiger partial charge in [0.15, 0.2) is 0 Å². The smallest absolute Gasteiger partial charge is 0.0812 e. The van der Waals surface area contributed by atoms with Crippen LogP contribution in [0.3, 0.4) is 0 Å². The largest absolute Gasteiger partial charge is 0.667 e. The van der Waals surface area contributed by atoms with Gasteiger partial charge in [-0.25, -0.2) is 0 Å². The van der Waals surface area contributed by atoms with Crippen molar-refractivity contribution in [1.82, 2.24) is 0 Å². The quantitative estimate of drug-likeness (QED) is 0.423. The van der Waals surface area contributed by atoms with E-state index in [0.29, 0.717) is 0 Å². The van der Waals surface area contributed by atoms with Gasteiger partial charge < -0.3 is 10.5 Å². The first-order valence-corrected chi connectivity index (χ1v) is 3.43. The molecule has 0 saturated heterocycles. The third-order valence-electron chi connectivity index (χ3n) is 1.63. The molecule has 65 valence electrons. The van der Waals surface area contributed by atoms with E-state index in [1.807, 2.05) is 6.92 Å². The van der Waals surface area contributed by atoms with Crippen molar-refractivity contribution in [2.24, 2.45) is 11.0 Å². The summed E-state index contributed by atoms with van der Waals surface area (Å²) in [7, 11) is 0. The van der Waals surface area contributed by atoms with Gasteiger partial charge in [-0.05, 0) is 11.4 Å². The van der Waals surface area contributed by atoms with Gasteiger partial charge >= 0.3 is 0 Å². The number of carbonyl (C=O) groups is 1. The molecule has 0 heterocycles. The van der Waals surface area contributed by atoms with Crippen LogP contribution in [0.5, 0.6) is 0 Å². The summed E-state index contributed by atoms with van der Waals surface area (Å²) in [5.74, 6) is -0.854. The number of nitrogens with one attached hydrogen (secondary N) is 1. The van der Waals surface area contributed by atoms with Crippen LogP contribution in [-0.2, 0) is 37.5 Å². The van der Waals surface area contributed by atoms with Crippen molar-refractivity contribution < 1.29 is 37.5 Å². The number of hydrogen-bond acceptors (Lipinski definition) is 2. The topological polar surface area (TPSA) is 89.6 Å². The molecule has 0 aromatic carbocycles. The van der Waals surface area contributed by atoms with E-state index in [-0.39, 0.29) is 38.6 Å². The van der Waals surface area contributed by atoms with E-state index in [4.69, 9.17) is 11.3 Å². The van der Waals surface area contributed by atoms with E-state index in [1.54, 1.807) is 6.92 Å². The minimum Gasteiger partial charge on any atom is -0.667 e. The number of carbonyl (C=O) groups excluding carboxylic acids is 1. The predicted molar refractivity (Wildman–Crippen MR) is 41.7 cm³/mol. The van der Waals surface area contributed by atoms with Gasteiger partial charge in [0, 0.05) is 37.6 Å². The second-order valence-electron chi connectivity index (χ2n) is 2.40. The molecule has 2 atom stereocenters. The molecule has 0 saturated carbocycles. The average molecular weight is 244 g/mol. The molecule has 0 aliphatic carbocycles. The summed E-state index contributed by atoms with van der Waals surface area (Å²) in [6.07, 6.45) is 0.730. The van der Waals surface area contributed by atoms with Gasteiger partial charge in [0.2, 0.25) is 0 Å². The molecule has 12 heavy (non-hydrogen) atoms. The fourth-order valence-electron chi connectivity index (χ4n) is 0.704. The summed E-state index contributed by atoms with van der Waals surface area (Å²) < 4.78 is 0. The fraction of sp³-hybridized carbons (Fsp3) is 0.833. The Morgan fingerprint density at radius 1 is 1.75 bits per heavy atom. The first-order chi connectivity index (χ1) is 5.13. The van der Waals surface area contributed by atoms with Crippen LogP contribution >= 0.6 is 0 Å². The molecule has 0 aliphatic rings. The minimum absolute atomic E-state index is 0. The zero-order valence-corrected chi connectivity index (χ0v) is 10.0. The van der Waals surface area contributed by atoms with Gasteiger partial charge in [-0.3, -0.25) is 0 Å². The molecule has 0 unspecified atom stereocenters. The Labute approximate surface area is 96.6 Å². The van der Waals surface area contributed by atoms with Crippen LogP contribution in [0.2, 0.25) is 0 Å². The number of amides is 1. The normalized spacial score (nSPS) is 13.5. The predicted octanol–water partition coefficient (Wildman–Crippen LogP) is 2.29. The Kier molecular flexibility index (Phi) is 9.04. The van der Waals surface area contributed by atoms with Crippen LogP contribution in [0, 0.1) is 5.92 Å². The third-order valence-corrected chi connectivity index (χ3v) is 1.63. The van der Waals surface area contributed by atoms with Crippen molar-refractivity contribution in [3.8, 4) is 0 Å². The Bertz CT molecular complexity index is 188. The molecule has 5 nitrogen and oxygen atoms in total. The Morgan fingerprint density at radius 2 is 2.25 bits per heavy atom. The van der Waals surface area contributed by atoms with E-state index >= 15 is 0 Å². The molecule has 1 radical (unpaired) electrons. The number of azide groups is 1. The molecule has 0 rings (SSSR count). The maximum Gasteiger partial charge on any atom is 0.0812 e. The fourth-order valence-corrected chi connectivity index (χ4v) is 0.704. The Hall–Kier alpha value is -0.116. The van der Waals surface area contributed by atoms with E-state index in [1.165, 1.54) is 0 Å². The molecule has 0 spiro atoms. The minimum atomic E-state index is -0.815. The zero-order valence-electron chi connectivity index (χ0n) is 7.19. The van der Waals surface area contributed by atoms with Gasteiger partial charge in [-0.15, -0.1) is 0 Å². The first kappa shape index (κ1) is 14.4. The molecular weight excluding hydrogens is 233 g/mol. The SMILES string of the molecule is CC[C@H](C)[C@H](N=[N+]=[N-])C([NH-])=O.[Y]. The van der Waals surface area contributed by atoms with E-state index < -0.39 is 11.9 Å². The van der Waals surface area contributed by atoms with Gasteiger partial charge in [0.25, 0.3) is 0 Å². The van der Waals surface area contributed by atoms with Crippen molar-refractivity contribution >= 4 is 5.91 Å². The van der Waals surface area contributed by atoms with Crippen LogP contribution in [0.1, 0.15) is 20.3 Å². The van der Waals surface area contributed by atoms with Crippen LogP contribution in [-0.4, -0.2) is 11.9 Å². The molecule has 0 aromatic rings. The van der Waals surface area contributed by atoms with Crippen LogP contribution in [0.25, 0.3) is 16.2 Å². The summed E-state index contributed by atoms with van der Waals surface area (Å²) in [6, 6.07) is -0.815. The molecule has 6 heteroatoms. The third kappa shape index (κ3) is 4.70. The van der Waals surface area contributed by atoms with Crippen molar-refractivity contribution in [3.63, 3.8) is 0 Å². The van der Waals surface area contributed by atoms with Gasteiger partial charge in [0.05, 0.1) is 11.9 Å². The average Bonchev–Trinajstić information content (AvgIpc) is 1.98. The molecule has 1 amide bonds. The summed E-state index contributed by atoms with van der Waals surface area (Å²) in [5.41, 5.74) is 14.8. The van der Waals surface area contributed by atoms with Crippen LogP contribution < -0.4 is 0 Å². The maximum absolute atomic E-state index is 10.5. The molecule has 0 bridgehead atoms. The van der Waals surface area contributed by atoms with Gasteiger partial charge in [-0.1, -0.05) is 25.4 Å². The standard InChI is InChI=1S/C6H12N4O.Y/c1-3-4(2)5(6(7)11)9-10-8;/h4-5H,3H2,1-2H3,(H2,7,11);/p-1/t4-,5-;/m0./s1. The van der Waals surface area contributed by atoms with Crippen LogP contribution in [0.4, 0.5) is 0 Å². The van der Waals surface area contributed by atoms with Crippen molar-refractivity contribution in [1.29, 1.82) is 0 Å². The van der Waals surface area contributed by atoms with E-state index in [0.717, 1.165) is 6.42 Å². The molecular formula is C6H11N4OY-. The number of nitrogens with zero attached hydrogens (tertiary/aromatic N) is 3. The Balaban J connectivity index is 0. The first-order valence-electron chi connectivity index (χ1n) is 3.43. The summed E-state index contributed by atoms with van der Waals surface area (Å²) >= 11 is 0. The zero-order chi connectivity index (χ0) is 8.85. The van der Waals surface area contributed by atoms with E-state index in [9.17, 15) is 4.79 Å². The van der Waals surface area contributed by atoms with Gasteiger partial charge in [0.1, 0.15) is 0 Å². The number of hydrogen-bond donors (Lipinski definition) is 0. The van der Waals surface area contributed by atoms with Crippen molar-refractivity contribution in [2.75, 3.05) is 0 Å². The summed E-state index contributed by atoms with van der Waals surface area (Å²) in [6.45, 7) is 3.67. The second-order valence-corrected chi connectivity index (χ2v) is 2.40. The molecule has 0 fully saturated rings. The molecule has 0 aromatic heterocycles. The summed E-state index contributed by atoms with van der Waals surface area (Å²) in [4.78, 5) is 13.0. The monoisotopic (exact) mass is 244 g/mol. The number of rotatable bonds is 4. The van der Waals surface area contributed by atoms with Crippen LogP contribution in [0.15, 0.2) is 5.11 Å². The molecule has 1 N–H and O–H groups in total. The van der Waals surface area contributed by atoms with Crippen molar-refractivity contribution in [2.45, 2.75) is 26.3 Å². The summed E-state index contributed by atoms with van der Waals surface area (Å²) in [5, 5.41) is 3.24. The molecule has 0 aliphatic heterocycles. The van der Waals surface area contributed by atoms with Gasteiger partial charge in [-0.2, -0.15) is 0 Å². The maximum atomic E-state index is 10.5. The Morgan fingerprint density at radius 3 is 2.50 bits per heavy atom.